The van der Waals surface area contributed by atoms with Crippen LogP contribution in [0.25, 0.3) is 21.5 Å². The second kappa shape index (κ2) is 9.48. The number of aromatic amines is 1. The van der Waals surface area contributed by atoms with Crippen molar-refractivity contribution in [2.45, 2.75) is 19.4 Å². The quantitative estimate of drug-likeness (QED) is 0.263. The van der Waals surface area contributed by atoms with E-state index >= 15 is 0 Å². The molecule has 1 aliphatic heterocycles. The Morgan fingerprint density at radius 2 is 1.91 bits per heavy atom. The third-order valence-corrected chi connectivity index (χ3v) is 7.44. The number of benzene rings is 2. The number of rotatable bonds is 8. The fraction of sp³-hybridized carbons (Fsp3) is 0.222. The molecular formula is C27H25N3O4S. The van der Waals surface area contributed by atoms with Gasteiger partial charge in [0.05, 0.1) is 22.2 Å². The van der Waals surface area contributed by atoms with Crippen LogP contribution in [-0.4, -0.2) is 51.9 Å². The molecule has 0 radical (unpaired) electrons. The van der Waals surface area contributed by atoms with Crippen LogP contribution >= 0.6 is 11.3 Å². The van der Waals surface area contributed by atoms with Crippen LogP contribution in [-0.2, 0) is 9.53 Å². The normalized spacial score (nSPS) is 16.0. The zero-order chi connectivity index (χ0) is 24.5. The molecule has 35 heavy (non-hydrogen) atoms. The fourth-order valence-corrected chi connectivity index (χ4v) is 5.60. The number of thiazole rings is 1. The summed E-state index contributed by atoms with van der Waals surface area (Å²) in [7, 11) is 1.60. The number of amides is 1. The number of hydrogen-bond acceptors (Lipinski definition) is 6. The molecule has 1 unspecified atom stereocenters. The molecule has 0 saturated carbocycles. The third kappa shape index (κ3) is 4.05. The van der Waals surface area contributed by atoms with Gasteiger partial charge >= 0.3 is 0 Å². The Balaban J connectivity index is 1.60. The molecule has 2 aromatic carbocycles. The van der Waals surface area contributed by atoms with Crippen LogP contribution in [0.4, 0.5) is 0 Å². The molecule has 0 spiro atoms. The number of ketones is 1. The van der Waals surface area contributed by atoms with Crippen molar-refractivity contribution >= 4 is 33.9 Å². The highest BCUT2D eigenvalue weighted by molar-refractivity contribution is 7.17. The van der Waals surface area contributed by atoms with Gasteiger partial charge in [-0.2, -0.15) is 0 Å². The van der Waals surface area contributed by atoms with Gasteiger partial charge < -0.3 is 19.7 Å². The van der Waals surface area contributed by atoms with E-state index < -0.39 is 17.7 Å². The Labute approximate surface area is 206 Å². The maximum absolute atomic E-state index is 13.9. The summed E-state index contributed by atoms with van der Waals surface area (Å²) in [5.41, 5.74) is 3.23. The summed E-state index contributed by atoms with van der Waals surface area (Å²) >= 11 is 1.27. The number of para-hydroxylation sites is 1. The van der Waals surface area contributed by atoms with Crippen LogP contribution in [0.3, 0.4) is 0 Å². The number of carbonyl (C=O) groups excluding carboxylic acids is 2. The molecule has 0 saturated heterocycles. The topological polar surface area (TPSA) is 95.5 Å². The number of ether oxygens (including phenoxy) is 1. The first-order chi connectivity index (χ1) is 17.0. The summed E-state index contributed by atoms with van der Waals surface area (Å²) in [5, 5.41) is 12.6. The van der Waals surface area contributed by atoms with Crippen molar-refractivity contribution in [3.63, 3.8) is 0 Å². The van der Waals surface area contributed by atoms with E-state index in [0.29, 0.717) is 30.1 Å². The molecule has 1 atom stereocenters. The van der Waals surface area contributed by atoms with Crippen LogP contribution in [0, 0.1) is 6.92 Å². The van der Waals surface area contributed by atoms with Gasteiger partial charge in [0.1, 0.15) is 5.01 Å². The van der Waals surface area contributed by atoms with Crippen molar-refractivity contribution in [1.82, 2.24) is 14.9 Å². The predicted octanol–water partition coefficient (Wildman–Crippen LogP) is 5.21. The summed E-state index contributed by atoms with van der Waals surface area (Å²) in [6, 6.07) is 16.6. The van der Waals surface area contributed by atoms with Crippen LogP contribution in [0.2, 0.25) is 0 Å². The van der Waals surface area contributed by atoms with Crippen molar-refractivity contribution in [2.24, 2.45) is 0 Å². The van der Waals surface area contributed by atoms with E-state index in [1.807, 2.05) is 60.8 Å². The Morgan fingerprint density at radius 3 is 2.69 bits per heavy atom. The molecule has 8 heteroatoms. The fourth-order valence-electron chi connectivity index (χ4n) is 4.57. The molecule has 0 bridgehead atoms. The van der Waals surface area contributed by atoms with Gasteiger partial charge in [0.15, 0.2) is 5.76 Å². The van der Waals surface area contributed by atoms with E-state index in [1.165, 1.54) is 11.3 Å². The van der Waals surface area contributed by atoms with E-state index in [1.54, 1.807) is 18.9 Å². The largest absolute Gasteiger partial charge is 0.503 e. The second-order valence-electron chi connectivity index (χ2n) is 8.43. The monoisotopic (exact) mass is 487 g/mol. The summed E-state index contributed by atoms with van der Waals surface area (Å²) < 4.78 is 5.17. The highest BCUT2D eigenvalue weighted by Gasteiger charge is 2.45. The SMILES string of the molecule is COCCCN1C(=O)C(O)=C(C(=O)c2sc(-c3ccccc3)nc2C)C1c1c[nH]c2ccccc12. The molecule has 1 aliphatic rings. The smallest absolute Gasteiger partial charge is 0.290 e. The van der Waals surface area contributed by atoms with Crippen molar-refractivity contribution in [1.29, 1.82) is 0 Å². The number of aryl methyl sites for hydroxylation is 1. The first-order valence-electron chi connectivity index (χ1n) is 11.4. The van der Waals surface area contributed by atoms with E-state index in [0.717, 1.165) is 27.0 Å². The predicted molar refractivity (Wildman–Crippen MR) is 136 cm³/mol. The lowest BCUT2D eigenvalue weighted by Gasteiger charge is -2.26. The molecular weight excluding hydrogens is 462 g/mol. The maximum Gasteiger partial charge on any atom is 0.290 e. The molecule has 5 rings (SSSR count). The molecule has 178 valence electrons. The van der Waals surface area contributed by atoms with E-state index in [4.69, 9.17) is 4.74 Å². The van der Waals surface area contributed by atoms with Gasteiger partial charge in [0, 0.05) is 48.5 Å². The Bertz CT molecular complexity index is 1440. The van der Waals surface area contributed by atoms with E-state index in [-0.39, 0.29) is 11.4 Å². The van der Waals surface area contributed by atoms with Gasteiger partial charge in [-0.3, -0.25) is 9.59 Å². The summed E-state index contributed by atoms with van der Waals surface area (Å²) in [5.74, 6) is -1.43. The third-order valence-electron chi connectivity index (χ3n) is 6.24. The first kappa shape index (κ1) is 23.0. The highest BCUT2D eigenvalue weighted by atomic mass is 32.1. The van der Waals surface area contributed by atoms with Crippen molar-refractivity contribution in [2.75, 3.05) is 20.3 Å². The van der Waals surface area contributed by atoms with E-state index in [2.05, 4.69) is 9.97 Å². The summed E-state index contributed by atoms with van der Waals surface area (Å²) in [4.78, 5) is 36.9. The van der Waals surface area contributed by atoms with Crippen LogP contribution in [0.15, 0.2) is 72.1 Å². The van der Waals surface area contributed by atoms with Crippen LogP contribution in [0.1, 0.15) is 33.4 Å². The maximum atomic E-state index is 13.9. The molecule has 3 heterocycles. The molecule has 2 aromatic heterocycles. The average Bonchev–Trinajstić information content (AvgIpc) is 3.54. The Morgan fingerprint density at radius 1 is 1.17 bits per heavy atom. The lowest BCUT2D eigenvalue weighted by atomic mass is 9.94. The minimum Gasteiger partial charge on any atom is -0.503 e. The number of nitrogens with zero attached hydrogens (tertiary/aromatic N) is 2. The van der Waals surface area contributed by atoms with Gasteiger partial charge in [-0.25, -0.2) is 4.98 Å². The van der Waals surface area contributed by atoms with Gasteiger partial charge in [0.25, 0.3) is 5.91 Å². The molecule has 0 fully saturated rings. The van der Waals surface area contributed by atoms with Crippen LogP contribution < -0.4 is 0 Å². The number of fused-ring (bicyclic) bond motifs is 1. The Hall–Kier alpha value is -3.75. The number of hydrogen-bond donors (Lipinski definition) is 2. The highest BCUT2D eigenvalue weighted by Crippen LogP contribution is 2.43. The summed E-state index contributed by atoms with van der Waals surface area (Å²) in [6.45, 7) is 2.58. The number of carbonyl (C=O) groups is 2. The lowest BCUT2D eigenvalue weighted by molar-refractivity contribution is -0.129. The molecule has 0 aliphatic carbocycles. The first-order valence-corrected chi connectivity index (χ1v) is 12.2. The van der Waals surface area contributed by atoms with Gasteiger partial charge in [-0.15, -0.1) is 11.3 Å². The van der Waals surface area contributed by atoms with E-state index in [9.17, 15) is 14.7 Å². The minimum atomic E-state index is -0.718. The number of nitrogens with one attached hydrogen (secondary N) is 1. The zero-order valence-corrected chi connectivity index (χ0v) is 20.3. The van der Waals surface area contributed by atoms with Crippen molar-refractivity contribution < 1.29 is 19.4 Å². The zero-order valence-electron chi connectivity index (χ0n) is 19.4. The van der Waals surface area contributed by atoms with Crippen molar-refractivity contribution in [3.8, 4) is 10.6 Å². The lowest BCUT2D eigenvalue weighted by Crippen LogP contribution is -2.32. The second-order valence-corrected chi connectivity index (χ2v) is 9.43. The van der Waals surface area contributed by atoms with Gasteiger partial charge in [-0.1, -0.05) is 48.5 Å². The minimum absolute atomic E-state index is 0.0866. The number of aromatic nitrogens is 2. The summed E-state index contributed by atoms with van der Waals surface area (Å²) in [6.07, 6.45) is 2.39. The molecule has 1 amide bonds. The molecule has 2 N–H and O–H groups in total. The van der Waals surface area contributed by atoms with Crippen molar-refractivity contribution in [3.05, 3.63) is 88.3 Å². The number of H-pyrrole nitrogens is 1. The molecule has 4 aromatic rings. The van der Waals surface area contributed by atoms with Gasteiger partial charge in [0.2, 0.25) is 5.78 Å². The van der Waals surface area contributed by atoms with Crippen LogP contribution in [0.5, 0.6) is 0 Å². The average molecular weight is 488 g/mol. The number of aliphatic hydroxyl groups is 1. The molecule has 7 nitrogen and oxygen atoms in total. The standard InChI is InChI=1S/C27H25N3O4S/c1-16-25(35-26(29-16)17-9-4-3-5-10-17)23(31)21-22(19-15-28-20-12-7-6-11-18(19)20)30(13-8-14-34-2)27(33)24(21)32/h3-7,9-12,15,22,28,32H,8,13-14H2,1-2H3. The van der Waals surface area contributed by atoms with Gasteiger partial charge in [-0.05, 0) is 19.4 Å². The number of aliphatic hydroxyl groups excluding tert-OH is 1. The number of Topliss-reactive ketones (excluding diaryl/α,β-unsaturated/α-hetero) is 1. The Kier molecular flexibility index (Phi) is 6.23. The number of methoxy groups -OCH3 is 1.